The van der Waals surface area contributed by atoms with Gasteiger partial charge < -0.3 is 9.64 Å². The van der Waals surface area contributed by atoms with Crippen molar-refractivity contribution in [2.24, 2.45) is 5.92 Å². The number of carbonyl (C=O) groups is 2. The van der Waals surface area contributed by atoms with Crippen molar-refractivity contribution in [2.75, 3.05) is 37.0 Å². The molecule has 8 nitrogen and oxygen atoms in total. The van der Waals surface area contributed by atoms with Crippen LogP contribution in [0, 0.1) is 5.92 Å². The number of ether oxygens (including phenoxy) is 1. The maximum absolute atomic E-state index is 13.1. The first kappa shape index (κ1) is 27.3. The molecule has 1 amide bonds. The number of pyridine rings is 1. The van der Waals surface area contributed by atoms with Gasteiger partial charge >= 0.3 is 5.97 Å². The number of nitrogens with one attached hydrogen (secondary N) is 1. The Labute approximate surface area is 239 Å². The highest BCUT2D eigenvalue weighted by molar-refractivity contribution is 7.17. The third kappa shape index (κ3) is 6.31. The molecule has 0 atom stereocenters. The number of anilines is 2. The molecule has 202 valence electrons. The molecule has 1 saturated heterocycles. The summed E-state index contributed by atoms with van der Waals surface area (Å²) in [6.07, 6.45) is 5.32. The van der Waals surface area contributed by atoms with E-state index in [1.165, 1.54) is 30.4 Å². The van der Waals surface area contributed by atoms with Crippen LogP contribution in [0.3, 0.4) is 0 Å². The molecule has 38 heavy (non-hydrogen) atoms. The van der Waals surface area contributed by atoms with Crippen LogP contribution in [0.2, 0.25) is 10.0 Å². The molecule has 12 heteroatoms. The summed E-state index contributed by atoms with van der Waals surface area (Å²) in [6, 6.07) is 4.15. The number of carbonyl (C=O) groups excluding carboxylic acids is 2. The van der Waals surface area contributed by atoms with Gasteiger partial charge in [0.1, 0.15) is 5.82 Å². The monoisotopic (exact) mass is 593 g/mol. The number of halogens is 2. The van der Waals surface area contributed by atoms with Crippen molar-refractivity contribution in [3.63, 3.8) is 0 Å². The van der Waals surface area contributed by atoms with Crippen molar-refractivity contribution in [1.29, 1.82) is 0 Å². The average Bonchev–Trinajstić information content (AvgIpc) is 3.56. The number of thiophene rings is 1. The first-order valence-electron chi connectivity index (χ1n) is 12.6. The van der Waals surface area contributed by atoms with Crippen LogP contribution in [0.1, 0.15) is 47.8 Å². The van der Waals surface area contributed by atoms with E-state index in [2.05, 4.69) is 22.2 Å². The smallest absolute Gasteiger partial charge is 0.309 e. The minimum absolute atomic E-state index is 0.0997. The normalized spacial score (nSPS) is 16.2. The molecule has 0 bridgehead atoms. The molecule has 0 spiro atoms. The van der Waals surface area contributed by atoms with E-state index in [1.807, 2.05) is 23.3 Å². The van der Waals surface area contributed by atoms with Crippen LogP contribution in [-0.2, 0) is 16.1 Å². The van der Waals surface area contributed by atoms with Gasteiger partial charge in [0, 0.05) is 42.1 Å². The zero-order valence-corrected chi connectivity index (χ0v) is 24.4. The third-order valence-corrected chi connectivity index (χ3v) is 9.30. The second-order valence-electron chi connectivity index (χ2n) is 9.56. The molecule has 0 radical (unpaired) electrons. The predicted molar refractivity (Wildman–Crippen MR) is 154 cm³/mol. The largest absolute Gasteiger partial charge is 0.466 e. The van der Waals surface area contributed by atoms with Gasteiger partial charge in [0.2, 0.25) is 0 Å². The Balaban J connectivity index is 1.27. The minimum Gasteiger partial charge on any atom is -0.466 e. The van der Waals surface area contributed by atoms with Gasteiger partial charge in [-0.3, -0.25) is 19.8 Å². The molecular weight excluding hydrogens is 565 g/mol. The average molecular weight is 595 g/mol. The van der Waals surface area contributed by atoms with Gasteiger partial charge in [0.15, 0.2) is 5.13 Å². The van der Waals surface area contributed by atoms with E-state index in [1.54, 1.807) is 17.4 Å². The van der Waals surface area contributed by atoms with Crippen molar-refractivity contribution in [3.8, 4) is 10.6 Å². The van der Waals surface area contributed by atoms with Gasteiger partial charge in [0.25, 0.3) is 5.91 Å². The topological polar surface area (TPSA) is 87.7 Å². The van der Waals surface area contributed by atoms with Crippen molar-refractivity contribution >= 4 is 68.7 Å². The highest BCUT2D eigenvalue weighted by Crippen LogP contribution is 2.38. The molecule has 0 unspecified atom stereocenters. The Morgan fingerprint density at radius 3 is 2.61 bits per heavy atom. The maximum Gasteiger partial charge on any atom is 0.309 e. The summed E-state index contributed by atoms with van der Waals surface area (Å²) >= 11 is 15.8. The van der Waals surface area contributed by atoms with E-state index in [-0.39, 0.29) is 17.8 Å². The first-order valence-corrected chi connectivity index (χ1v) is 15.1. The van der Waals surface area contributed by atoms with E-state index >= 15 is 0 Å². The Morgan fingerprint density at radius 1 is 1.21 bits per heavy atom. The fourth-order valence-corrected chi connectivity index (χ4v) is 7.03. The standard InChI is InChI=1S/C26H29Cl2N5O3S2/c1-3-36-25(35)15-6-8-33(9-7-15)23-19(28)10-16(12-29-23)24(34)31-26-30-22(20-11-17(27)14-37-20)21(38-26)13-32(2)18-4-5-18/h10-12,14-15,18H,3-9,13H2,1-2H3,(H,30,31,34). The number of thiazole rings is 1. The molecule has 2 fully saturated rings. The fraction of sp³-hybridized carbons (Fsp3) is 0.462. The molecule has 4 heterocycles. The summed E-state index contributed by atoms with van der Waals surface area (Å²) in [5.41, 5.74) is 1.21. The lowest BCUT2D eigenvalue weighted by atomic mass is 9.97. The van der Waals surface area contributed by atoms with Crippen molar-refractivity contribution < 1.29 is 14.3 Å². The summed E-state index contributed by atoms with van der Waals surface area (Å²) in [6.45, 7) is 4.26. The van der Waals surface area contributed by atoms with Crippen LogP contribution in [0.15, 0.2) is 23.7 Å². The molecule has 0 aromatic carbocycles. The second-order valence-corrected chi connectivity index (χ2v) is 12.4. The Bertz CT molecular complexity index is 1320. The Morgan fingerprint density at radius 2 is 1.97 bits per heavy atom. The number of hydrogen-bond acceptors (Lipinski definition) is 9. The van der Waals surface area contributed by atoms with Gasteiger partial charge in [-0.1, -0.05) is 34.5 Å². The SMILES string of the molecule is CCOC(=O)C1CCN(c2ncc(C(=O)Nc3nc(-c4cc(Cl)cs4)c(CN(C)C4CC4)s3)cc2Cl)CC1. The molecule has 1 aliphatic heterocycles. The molecule has 1 saturated carbocycles. The van der Waals surface area contributed by atoms with E-state index in [0.717, 1.165) is 22.0 Å². The van der Waals surface area contributed by atoms with E-state index in [0.29, 0.717) is 65.1 Å². The lowest BCUT2D eigenvalue weighted by molar-refractivity contribution is -0.148. The zero-order chi connectivity index (χ0) is 26.8. The van der Waals surface area contributed by atoms with E-state index < -0.39 is 0 Å². The highest BCUT2D eigenvalue weighted by atomic mass is 35.5. The molecule has 3 aromatic rings. The van der Waals surface area contributed by atoms with Gasteiger partial charge in [-0.25, -0.2) is 9.97 Å². The molecule has 2 aliphatic rings. The lowest BCUT2D eigenvalue weighted by Crippen LogP contribution is -2.37. The third-order valence-electron chi connectivity index (χ3n) is 6.78. The first-order chi connectivity index (χ1) is 18.3. The number of hydrogen-bond donors (Lipinski definition) is 1. The van der Waals surface area contributed by atoms with Crippen LogP contribution in [0.25, 0.3) is 10.6 Å². The summed E-state index contributed by atoms with van der Waals surface area (Å²) in [7, 11) is 2.12. The number of amides is 1. The van der Waals surface area contributed by atoms with Gasteiger partial charge in [-0.15, -0.1) is 11.3 Å². The molecule has 5 rings (SSSR count). The summed E-state index contributed by atoms with van der Waals surface area (Å²) < 4.78 is 5.15. The summed E-state index contributed by atoms with van der Waals surface area (Å²) in [4.78, 5) is 40.8. The number of aromatic nitrogens is 2. The van der Waals surface area contributed by atoms with Gasteiger partial charge in [-0.2, -0.15) is 0 Å². The maximum atomic E-state index is 13.1. The van der Waals surface area contributed by atoms with Crippen LogP contribution >= 0.6 is 45.9 Å². The Kier molecular flexibility index (Phi) is 8.54. The number of nitrogens with zero attached hydrogens (tertiary/aromatic N) is 4. The predicted octanol–water partition coefficient (Wildman–Crippen LogP) is 6.20. The lowest BCUT2D eigenvalue weighted by Gasteiger charge is -2.32. The van der Waals surface area contributed by atoms with Crippen LogP contribution in [0.4, 0.5) is 10.9 Å². The van der Waals surface area contributed by atoms with Crippen LogP contribution < -0.4 is 10.2 Å². The van der Waals surface area contributed by atoms with Crippen molar-refractivity contribution in [1.82, 2.24) is 14.9 Å². The van der Waals surface area contributed by atoms with E-state index in [4.69, 9.17) is 32.9 Å². The Hall–Kier alpha value is -2.24. The van der Waals surface area contributed by atoms with Gasteiger partial charge in [0.05, 0.1) is 38.7 Å². The number of piperidine rings is 1. The highest BCUT2D eigenvalue weighted by Gasteiger charge is 2.29. The van der Waals surface area contributed by atoms with Crippen molar-refractivity contribution in [3.05, 3.63) is 44.2 Å². The van der Waals surface area contributed by atoms with Gasteiger partial charge in [-0.05, 0) is 51.8 Å². The summed E-state index contributed by atoms with van der Waals surface area (Å²) in [5.74, 6) is 0.0473. The molecular formula is C26H29Cl2N5O3S2. The minimum atomic E-state index is -0.321. The molecule has 1 aliphatic carbocycles. The molecule has 1 N–H and O–H groups in total. The van der Waals surface area contributed by atoms with E-state index in [9.17, 15) is 9.59 Å². The molecule has 3 aromatic heterocycles. The fourth-order valence-electron chi connectivity index (χ4n) is 4.56. The van der Waals surface area contributed by atoms with Crippen LogP contribution in [-0.4, -0.2) is 59.5 Å². The zero-order valence-electron chi connectivity index (χ0n) is 21.2. The second kappa shape index (κ2) is 11.9. The summed E-state index contributed by atoms with van der Waals surface area (Å²) in [5, 5.41) is 6.41. The number of esters is 1. The van der Waals surface area contributed by atoms with Crippen LogP contribution in [0.5, 0.6) is 0 Å². The number of rotatable bonds is 9. The quantitative estimate of drug-likeness (QED) is 0.295. The van der Waals surface area contributed by atoms with Crippen molar-refractivity contribution in [2.45, 2.75) is 45.2 Å².